The minimum atomic E-state index is -0.212. The Hall–Kier alpha value is -2.89. The van der Waals surface area contributed by atoms with Crippen LogP contribution in [0.5, 0.6) is 0 Å². The van der Waals surface area contributed by atoms with Gasteiger partial charge in [-0.15, -0.1) is 0 Å². The van der Waals surface area contributed by atoms with E-state index in [0.717, 1.165) is 22.0 Å². The van der Waals surface area contributed by atoms with Gasteiger partial charge >= 0.3 is 0 Å². The smallest absolute Gasteiger partial charge is 0.244 e. The van der Waals surface area contributed by atoms with E-state index in [-0.39, 0.29) is 24.4 Å². The van der Waals surface area contributed by atoms with E-state index in [1.165, 1.54) is 4.90 Å². The van der Waals surface area contributed by atoms with Crippen molar-refractivity contribution in [1.82, 2.24) is 10.2 Å². The van der Waals surface area contributed by atoms with E-state index in [1.807, 2.05) is 66.7 Å². The number of nitrogens with zero attached hydrogens (tertiary/aromatic N) is 1. The van der Waals surface area contributed by atoms with Gasteiger partial charge in [-0.05, 0) is 29.1 Å². The summed E-state index contributed by atoms with van der Waals surface area (Å²) in [6.07, 6.45) is 0.309. The third-order valence-electron chi connectivity index (χ3n) is 4.93. The molecule has 1 heterocycles. The number of fused-ring (bicyclic) bond motifs is 1. The lowest BCUT2D eigenvalue weighted by Gasteiger charge is -2.32. The van der Waals surface area contributed by atoms with Gasteiger partial charge in [-0.3, -0.25) is 14.9 Å². The molecule has 1 unspecified atom stereocenters. The molecule has 2 N–H and O–H groups in total. The first-order chi connectivity index (χ1) is 13.6. The molecule has 1 aliphatic heterocycles. The molecule has 0 radical (unpaired) electrons. The largest absolute Gasteiger partial charge is 0.324 e. The molecule has 0 spiro atoms. The highest BCUT2D eigenvalue weighted by Crippen LogP contribution is 2.24. The van der Waals surface area contributed by atoms with E-state index >= 15 is 0 Å². The third-order valence-corrected chi connectivity index (χ3v) is 5.18. The molecule has 3 aromatic rings. The first-order valence-corrected chi connectivity index (χ1v) is 9.52. The van der Waals surface area contributed by atoms with Crippen LogP contribution in [-0.2, 0) is 9.59 Å². The highest BCUT2D eigenvalue weighted by Gasteiger charge is 2.27. The van der Waals surface area contributed by atoms with Gasteiger partial charge in [0.05, 0.1) is 6.67 Å². The molecule has 0 bridgehead atoms. The molecule has 3 aromatic carbocycles. The summed E-state index contributed by atoms with van der Waals surface area (Å²) in [4.78, 5) is 26.6. The highest BCUT2D eigenvalue weighted by molar-refractivity contribution is 6.30. The molecule has 142 valence electrons. The fraction of sp³-hybridized carbons (Fsp3) is 0.182. The number of hydrogen-bond donors (Lipinski definition) is 2. The maximum absolute atomic E-state index is 12.5. The molecular formula is C22H20ClN3O2. The minimum absolute atomic E-state index is 0.0163. The second-order valence-electron chi connectivity index (χ2n) is 6.84. The maximum Gasteiger partial charge on any atom is 0.244 e. The van der Waals surface area contributed by atoms with Crippen molar-refractivity contribution in [2.24, 2.45) is 0 Å². The monoisotopic (exact) mass is 393 g/mol. The van der Waals surface area contributed by atoms with E-state index in [0.29, 0.717) is 18.1 Å². The number of carbonyl (C=O) groups excluding carboxylic acids is 2. The van der Waals surface area contributed by atoms with E-state index in [9.17, 15) is 9.59 Å². The SMILES string of the molecule is O=C(CN1CNC(c2ccc(Cl)cc2)CC1=O)Nc1cccc2ccccc12. The number of nitrogens with one attached hydrogen (secondary N) is 2. The van der Waals surface area contributed by atoms with Crippen molar-refractivity contribution in [3.8, 4) is 0 Å². The molecule has 5 nitrogen and oxygen atoms in total. The Balaban J connectivity index is 1.39. The molecular weight excluding hydrogens is 374 g/mol. The first-order valence-electron chi connectivity index (χ1n) is 9.14. The lowest BCUT2D eigenvalue weighted by Crippen LogP contribution is -2.49. The zero-order chi connectivity index (χ0) is 19.5. The Morgan fingerprint density at radius 3 is 2.61 bits per heavy atom. The van der Waals surface area contributed by atoms with Gasteiger partial charge in [-0.25, -0.2) is 0 Å². The number of rotatable bonds is 4. The van der Waals surface area contributed by atoms with E-state index < -0.39 is 0 Å². The fourth-order valence-corrected chi connectivity index (χ4v) is 3.58. The fourth-order valence-electron chi connectivity index (χ4n) is 3.46. The van der Waals surface area contributed by atoms with Gasteiger partial charge in [0.15, 0.2) is 0 Å². The molecule has 1 saturated heterocycles. The van der Waals surface area contributed by atoms with Crippen molar-refractivity contribution in [3.05, 3.63) is 77.3 Å². The zero-order valence-electron chi connectivity index (χ0n) is 15.2. The van der Waals surface area contributed by atoms with E-state index in [4.69, 9.17) is 11.6 Å². The summed E-state index contributed by atoms with van der Waals surface area (Å²) in [5.74, 6) is -0.261. The number of carbonyl (C=O) groups is 2. The van der Waals surface area contributed by atoms with Crippen LogP contribution >= 0.6 is 11.6 Å². The van der Waals surface area contributed by atoms with Crippen LogP contribution in [0.2, 0.25) is 5.02 Å². The van der Waals surface area contributed by atoms with Gasteiger partial charge in [-0.2, -0.15) is 0 Å². The molecule has 6 heteroatoms. The molecule has 1 aliphatic rings. The average molecular weight is 394 g/mol. The quantitative estimate of drug-likeness (QED) is 0.705. The number of benzene rings is 3. The normalized spacial score (nSPS) is 17.0. The van der Waals surface area contributed by atoms with Gasteiger partial charge in [0.1, 0.15) is 6.54 Å². The Morgan fingerprint density at radius 2 is 1.82 bits per heavy atom. The minimum Gasteiger partial charge on any atom is -0.324 e. The number of halogens is 1. The predicted molar refractivity (Wildman–Crippen MR) is 111 cm³/mol. The first kappa shape index (κ1) is 18.5. The summed E-state index contributed by atoms with van der Waals surface area (Å²) >= 11 is 5.92. The van der Waals surface area contributed by atoms with Crippen molar-refractivity contribution in [1.29, 1.82) is 0 Å². The molecule has 28 heavy (non-hydrogen) atoms. The van der Waals surface area contributed by atoms with Crippen LogP contribution in [0.3, 0.4) is 0 Å². The summed E-state index contributed by atoms with van der Waals surface area (Å²) in [6, 6.07) is 21.0. The number of hydrogen-bond acceptors (Lipinski definition) is 3. The number of anilines is 1. The van der Waals surface area contributed by atoms with E-state index in [2.05, 4.69) is 10.6 Å². The van der Waals surface area contributed by atoms with Gasteiger partial charge in [0, 0.05) is 28.6 Å². The van der Waals surface area contributed by atoms with Crippen molar-refractivity contribution >= 4 is 39.9 Å². The Bertz CT molecular complexity index is 1010. The van der Waals surface area contributed by atoms with Crippen molar-refractivity contribution in [2.45, 2.75) is 12.5 Å². The number of amides is 2. The van der Waals surface area contributed by atoms with Crippen LogP contribution < -0.4 is 10.6 Å². The summed E-state index contributed by atoms with van der Waals surface area (Å²) in [5, 5.41) is 8.94. The van der Waals surface area contributed by atoms with E-state index in [1.54, 1.807) is 0 Å². The van der Waals surface area contributed by atoms with Crippen LogP contribution in [-0.4, -0.2) is 29.9 Å². The topological polar surface area (TPSA) is 61.4 Å². The second kappa shape index (κ2) is 8.00. The molecule has 1 fully saturated rings. The molecule has 0 aliphatic carbocycles. The summed E-state index contributed by atoms with van der Waals surface area (Å²) in [6.45, 7) is 0.345. The molecule has 2 amide bonds. The maximum atomic E-state index is 12.5. The van der Waals surface area contributed by atoms with Gasteiger partial charge in [0.25, 0.3) is 0 Å². The molecule has 0 aromatic heterocycles. The van der Waals surface area contributed by atoms with Crippen molar-refractivity contribution in [2.75, 3.05) is 18.5 Å². The summed E-state index contributed by atoms with van der Waals surface area (Å²) in [5.41, 5.74) is 1.76. The Morgan fingerprint density at radius 1 is 1.07 bits per heavy atom. The Kier molecular flexibility index (Phi) is 5.28. The standard InChI is InChI=1S/C22H20ClN3O2/c23-17-10-8-16(9-11-17)20-12-22(28)26(14-24-20)13-21(27)25-19-7-3-5-15-4-1-2-6-18(15)19/h1-11,20,24H,12-14H2,(H,25,27). The predicted octanol–water partition coefficient (Wildman–Crippen LogP) is 3.95. The van der Waals surface area contributed by atoms with Crippen LogP contribution in [0.1, 0.15) is 18.0 Å². The third kappa shape index (κ3) is 4.01. The molecule has 4 rings (SSSR count). The lowest BCUT2D eigenvalue weighted by atomic mass is 10.0. The van der Waals surface area contributed by atoms with Crippen LogP contribution in [0.25, 0.3) is 10.8 Å². The zero-order valence-corrected chi connectivity index (χ0v) is 15.9. The average Bonchev–Trinajstić information content (AvgIpc) is 2.70. The molecule has 0 saturated carbocycles. The Labute approximate surface area is 168 Å². The lowest BCUT2D eigenvalue weighted by molar-refractivity contribution is -0.138. The summed E-state index contributed by atoms with van der Waals surface area (Å²) < 4.78 is 0. The van der Waals surface area contributed by atoms with Crippen LogP contribution in [0.15, 0.2) is 66.7 Å². The molecule has 1 atom stereocenters. The van der Waals surface area contributed by atoms with Gasteiger partial charge < -0.3 is 10.2 Å². The van der Waals surface area contributed by atoms with Crippen LogP contribution in [0.4, 0.5) is 5.69 Å². The second-order valence-corrected chi connectivity index (χ2v) is 7.27. The highest BCUT2D eigenvalue weighted by atomic mass is 35.5. The van der Waals surface area contributed by atoms with Crippen molar-refractivity contribution in [3.63, 3.8) is 0 Å². The van der Waals surface area contributed by atoms with Gasteiger partial charge in [0.2, 0.25) is 11.8 Å². The van der Waals surface area contributed by atoms with Crippen LogP contribution in [0, 0.1) is 0 Å². The summed E-state index contributed by atoms with van der Waals surface area (Å²) in [7, 11) is 0. The van der Waals surface area contributed by atoms with Gasteiger partial charge in [-0.1, -0.05) is 60.1 Å². The van der Waals surface area contributed by atoms with Crippen molar-refractivity contribution < 1.29 is 9.59 Å².